The Kier molecular flexibility index (Phi) is 4.17. The van der Waals surface area contributed by atoms with Crippen molar-refractivity contribution in [1.82, 2.24) is 20.0 Å². The number of aryl methyl sites for hydroxylation is 1. The maximum atomic E-state index is 12.6. The first-order chi connectivity index (χ1) is 11.0. The lowest BCUT2D eigenvalue weighted by Crippen LogP contribution is -2.39. The van der Waals surface area contributed by atoms with Gasteiger partial charge in [0.05, 0.1) is 5.39 Å². The first-order valence-corrected chi connectivity index (χ1v) is 7.98. The van der Waals surface area contributed by atoms with Gasteiger partial charge in [-0.25, -0.2) is 4.68 Å². The Labute approximate surface area is 135 Å². The Bertz CT molecular complexity index is 797. The predicted molar refractivity (Wildman–Crippen MR) is 89.6 cm³/mol. The SMILES string of the molecule is CC(C)N1CCC(NC(=O)c2nn(C)c(=O)c3ccccc23)C1. The maximum Gasteiger partial charge on any atom is 0.274 e. The average molecular weight is 314 g/mol. The number of fused-ring (bicyclic) bond motifs is 1. The fourth-order valence-electron chi connectivity index (χ4n) is 3.10. The minimum Gasteiger partial charge on any atom is -0.347 e. The van der Waals surface area contributed by atoms with Crippen LogP contribution in [0.5, 0.6) is 0 Å². The van der Waals surface area contributed by atoms with Crippen LogP contribution in [0.4, 0.5) is 0 Å². The number of likely N-dealkylation sites (tertiary alicyclic amines) is 1. The van der Waals surface area contributed by atoms with Gasteiger partial charge >= 0.3 is 0 Å². The van der Waals surface area contributed by atoms with Crippen molar-refractivity contribution in [3.63, 3.8) is 0 Å². The molecule has 1 unspecified atom stereocenters. The molecule has 1 atom stereocenters. The van der Waals surface area contributed by atoms with E-state index in [0.29, 0.717) is 22.5 Å². The van der Waals surface area contributed by atoms with Crippen LogP contribution in [-0.4, -0.2) is 45.8 Å². The van der Waals surface area contributed by atoms with Gasteiger partial charge in [0, 0.05) is 37.6 Å². The first-order valence-electron chi connectivity index (χ1n) is 7.98. The van der Waals surface area contributed by atoms with Crippen LogP contribution in [0, 0.1) is 0 Å². The van der Waals surface area contributed by atoms with Gasteiger partial charge in [0.25, 0.3) is 11.5 Å². The number of nitrogens with one attached hydrogen (secondary N) is 1. The van der Waals surface area contributed by atoms with E-state index in [-0.39, 0.29) is 17.5 Å². The highest BCUT2D eigenvalue weighted by atomic mass is 16.2. The molecule has 1 saturated heterocycles. The van der Waals surface area contributed by atoms with Gasteiger partial charge in [-0.05, 0) is 26.3 Å². The van der Waals surface area contributed by atoms with Crippen molar-refractivity contribution in [2.45, 2.75) is 32.4 Å². The third-order valence-electron chi connectivity index (χ3n) is 4.46. The molecule has 6 heteroatoms. The Hall–Kier alpha value is -2.21. The monoisotopic (exact) mass is 314 g/mol. The lowest BCUT2D eigenvalue weighted by Gasteiger charge is -2.20. The molecule has 2 heterocycles. The van der Waals surface area contributed by atoms with E-state index < -0.39 is 0 Å². The summed E-state index contributed by atoms with van der Waals surface area (Å²) >= 11 is 0. The molecule has 0 saturated carbocycles. The molecule has 6 nitrogen and oxygen atoms in total. The minimum atomic E-state index is -0.215. The molecule has 1 N–H and O–H groups in total. The van der Waals surface area contributed by atoms with Crippen LogP contribution in [0.15, 0.2) is 29.1 Å². The van der Waals surface area contributed by atoms with Gasteiger partial charge in [-0.1, -0.05) is 18.2 Å². The molecule has 1 amide bonds. The summed E-state index contributed by atoms with van der Waals surface area (Å²) in [7, 11) is 1.57. The van der Waals surface area contributed by atoms with Crippen molar-refractivity contribution in [2.75, 3.05) is 13.1 Å². The number of nitrogens with zero attached hydrogens (tertiary/aromatic N) is 3. The first kappa shape index (κ1) is 15.7. The zero-order chi connectivity index (χ0) is 16.6. The van der Waals surface area contributed by atoms with E-state index >= 15 is 0 Å². The van der Waals surface area contributed by atoms with Crippen molar-refractivity contribution < 1.29 is 4.79 Å². The zero-order valence-corrected chi connectivity index (χ0v) is 13.7. The maximum absolute atomic E-state index is 12.6. The molecule has 23 heavy (non-hydrogen) atoms. The third kappa shape index (κ3) is 2.99. The summed E-state index contributed by atoms with van der Waals surface area (Å²) in [6, 6.07) is 7.72. The molecular formula is C17H22N4O2. The number of aromatic nitrogens is 2. The van der Waals surface area contributed by atoms with E-state index in [4.69, 9.17) is 0 Å². The zero-order valence-electron chi connectivity index (χ0n) is 13.7. The molecular weight excluding hydrogens is 292 g/mol. The molecule has 0 bridgehead atoms. The van der Waals surface area contributed by atoms with Crippen LogP contribution < -0.4 is 10.9 Å². The van der Waals surface area contributed by atoms with Crippen LogP contribution in [0.3, 0.4) is 0 Å². The summed E-state index contributed by atoms with van der Waals surface area (Å²) in [6.07, 6.45) is 0.938. The average Bonchev–Trinajstić information content (AvgIpc) is 2.99. The topological polar surface area (TPSA) is 67.2 Å². The molecule has 2 aromatic rings. The number of amides is 1. The summed E-state index contributed by atoms with van der Waals surface area (Å²) in [6.45, 7) is 6.16. The van der Waals surface area contributed by atoms with Crippen LogP contribution in [0.2, 0.25) is 0 Å². The minimum absolute atomic E-state index is 0.127. The van der Waals surface area contributed by atoms with Crippen LogP contribution >= 0.6 is 0 Å². The molecule has 0 aliphatic carbocycles. The Morgan fingerprint density at radius 3 is 2.65 bits per heavy atom. The van der Waals surface area contributed by atoms with Crippen LogP contribution in [-0.2, 0) is 7.05 Å². The van der Waals surface area contributed by atoms with Gasteiger partial charge < -0.3 is 5.32 Å². The number of hydrogen-bond acceptors (Lipinski definition) is 4. The summed E-state index contributed by atoms with van der Waals surface area (Å²) in [5.41, 5.74) is 0.120. The van der Waals surface area contributed by atoms with E-state index in [1.165, 1.54) is 4.68 Å². The molecule has 1 aliphatic rings. The molecule has 122 valence electrons. The molecule has 1 fully saturated rings. The van der Waals surface area contributed by atoms with E-state index in [2.05, 4.69) is 29.2 Å². The van der Waals surface area contributed by atoms with E-state index in [1.54, 1.807) is 25.2 Å². The smallest absolute Gasteiger partial charge is 0.274 e. The summed E-state index contributed by atoms with van der Waals surface area (Å²) in [5, 5.41) is 8.36. The Morgan fingerprint density at radius 2 is 2.00 bits per heavy atom. The van der Waals surface area contributed by atoms with Gasteiger partial charge in [0.15, 0.2) is 5.69 Å². The van der Waals surface area contributed by atoms with Crippen molar-refractivity contribution in [1.29, 1.82) is 0 Å². The molecule has 3 rings (SSSR count). The summed E-state index contributed by atoms with van der Waals surface area (Å²) < 4.78 is 1.23. The molecule has 1 aliphatic heterocycles. The summed E-state index contributed by atoms with van der Waals surface area (Å²) in [4.78, 5) is 27.1. The molecule has 0 spiro atoms. The van der Waals surface area contributed by atoms with Crippen LogP contribution in [0.1, 0.15) is 30.8 Å². The lowest BCUT2D eigenvalue weighted by molar-refractivity contribution is 0.0931. The fourth-order valence-corrected chi connectivity index (χ4v) is 3.10. The Morgan fingerprint density at radius 1 is 1.30 bits per heavy atom. The highest BCUT2D eigenvalue weighted by Gasteiger charge is 2.26. The fraction of sp³-hybridized carbons (Fsp3) is 0.471. The highest BCUT2D eigenvalue weighted by molar-refractivity contribution is 6.04. The van der Waals surface area contributed by atoms with Crippen molar-refractivity contribution in [3.8, 4) is 0 Å². The van der Waals surface area contributed by atoms with Crippen molar-refractivity contribution in [2.24, 2.45) is 7.05 Å². The predicted octanol–water partition coefficient (Wildman–Crippen LogP) is 1.15. The molecule has 1 aromatic carbocycles. The Balaban J connectivity index is 1.88. The number of hydrogen-bond donors (Lipinski definition) is 1. The second kappa shape index (κ2) is 6.12. The largest absolute Gasteiger partial charge is 0.347 e. The van der Waals surface area contributed by atoms with Crippen molar-refractivity contribution >= 4 is 16.7 Å². The number of carbonyl (C=O) groups excluding carboxylic acids is 1. The van der Waals surface area contributed by atoms with Gasteiger partial charge in [0.1, 0.15) is 0 Å². The second-order valence-corrected chi connectivity index (χ2v) is 6.37. The number of carbonyl (C=O) groups is 1. The third-order valence-corrected chi connectivity index (χ3v) is 4.46. The quantitative estimate of drug-likeness (QED) is 0.923. The van der Waals surface area contributed by atoms with Gasteiger partial charge in [-0.3, -0.25) is 14.5 Å². The van der Waals surface area contributed by atoms with Crippen LogP contribution in [0.25, 0.3) is 10.8 Å². The van der Waals surface area contributed by atoms with Gasteiger partial charge in [0.2, 0.25) is 0 Å². The number of benzene rings is 1. The second-order valence-electron chi connectivity index (χ2n) is 6.37. The highest BCUT2D eigenvalue weighted by Crippen LogP contribution is 2.16. The number of rotatable bonds is 3. The summed E-state index contributed by atoms with van der Waals surface area (Å²) in [5.74, 6) is -0.215. The van der Waals surface area contributed by atoms with Gasteiger partial charge in [-0.15, -0.1) is 0 Å². The van der Waals surface area contributed by atoms with E-state index in [0.717, 1.165) is 19.5 Å². The lowest BCUT2D eigenvalue weighted by atomic mass is 10.1. The normalized spacial score (nSPS) is 18.7. The van der Waals surface area contributed by atoms with Crippen molar-refractivity contribution in [3.05, 3.63) is 40.3 Å². The molecule has 0 radical (unpaired) electrons. The standard InChI is InChI=1S/C17H22N4O2/c1-11(2)21-9-8-12(10-21)18-16(22)15-13-6-4-5-7-14(13)17(23)20(3)19-15/h4-7,11-12H,8-10H2,1-3H3,(H,18,22). The van der Waals surface area contributed by atoms with E-state index in [1.807, 2.05) is 6.07 Å². The van der Waals surface area contributed by atoms with Gasteiger partial charge in [-0.2, -0.15) is 5.10 Å². The molecule has 1 aromatic heterocycles. The van der Waals surface area contributed by atoms with E-state index in [9.17, 15) is 9.59 Å².